The number of ether oxygens (including phenoxy) is 1. The van der Waals surface area contributed by atoms with Crippen LogP contribution < -0.4 is 0 Å². The lowest BCUT2D eigenvalue weighted by Crippen LogP contribution is -2.58. The molecule has 0 N–H and O–H groups in total. The second-order valence-corrected chi connectivity index (χ2v) is 5.75. The molecule has 2 rings (SSSR count). The van der Waals surface area contributed by atoms with Gasteiger partial charge in [-0.05, 0) is 44.9 Å². The average Bonchev–Trinajstić information content (AvgIpc) is 2.39. The van der Waals surface area contributed by atoms with Gasteiger partial charge in [0.2, 0.25) is 0 Å². The van der Waals surface area contributed by atoms with E-state index in [1.165, 1.54) is 0 Å². The Balaban J connectivity index is 2.36. The zero-order valence-electron chi connectivity index (χ0n) is 10.8. The largest absolute Gasteiger partial charge is 0.487 e. The maximum Gasteiger partial charge on any atom is 0.155 e. The van der Waals surface area contributed by atoms with Crippen LogP contribution in [0.15, 0.2) is 23.5 Å². The molecule has 2 heteroatoms. The molecule has 0 aromatic rings. The van der Waals surface area contributed by atoms with E-state index in [9.17, 15) is 4.79 Å². The Bertz CT molecular complexity index is 401. The van der Waals surface area contributed by atoms with Crippen LogP contribution in [0.2, 0.25) is 0 Å². The van der Waals surface area contributed by atoms with Crippen molar-refractivity contribution < 1.29 is 9.53 Å². The highest BCUT2D eigenvalue weighted by atomic mass is 16.5. The first-order chi connectivity index (χ1) is 7.28. The van der Waals surface area contributed by atoms with Crippen LogP contribution in [0.5, 0.6) is 0 Å². The van der Waals surface area contributed by atoms with Crippen molar-refractivity contribution in [3.8, 4) is 0 Å². The van der Waals surface area contributed by atoms with Gasteiger partial charge in [0.15, 0.2) is 5.78 Å². The van der Waals surface area contributed by atoms with E-state index in [0.29, 0.717) is 5.92 Å². The highest BCUT2D eigenvalue weighted by Crippen LogP contribution is 2.61. The van der Waals surface area contributed by atoms with E-state index in [0.717, 1.165) is 17.8 Å². The van der Waals surface area contributed by atoms with Crippen molar-refractivity contribution >= 4 is 5.78 Å². The first-order valence-electron chi connectivity index (χ1n) is 5.86. The maximum atomic E-state index is 11.4. The van der Waals surface area contributed by atoms with Gasteiger partial charge >= 0.3 is 0 Å². The van der Waals surface area contributed by atoms with Gasteiger partial charge in [0, 0.05) is 11.3 Å². The SMILES string of the molecule is CC(=O)/C(C)=C/C12OC(C)=CC1CC2(C)C. The smallest absolute Gasteiger partial charge is 0.155 e. The standard InChI is InChI=1S/C14H20O2/c1-9(11(3)15)7-14-12(6-10(2)16-14)8-13(14,4)5/h6-7,12H,8H2,1-5H3/b9-7+. The van der Waals surface area contributed by atoms with Crippen LogP contribution in [0.3, 0.4) is 0 Å². The van der Waals surface area contributed by atoms with Crippen LogP contribution in [0.1, 0.15) is 41.0 Å². The summed E-state index contributed by atoms with van der Waals surface area (Å²) in [5, 5.41) is 0. The molecule has 1 aliphatic heterocycles. The minimum Gasteiger partial charge on any atom is -0.487 e. The number of hydrogen-bond donors (Lipinski definition) is 0. The topological polar surface area (TPSA) is 26.3 Å². The fourth-order valence-corrected chi connectivity index (χ4v) is 2.97. The third-order valence-electron chi connectivity index (χ3n) is 4.09. The molecule has 2 atom stereocenters. The highest BCUT2D eigenvalue weighted by Gasteiger charge is 2.63. The van der Waals surface area contributed by atoms with Crippen molar-refractivity contribution in [2.75, 3.05) is 0 Å². The Hall–Kier alpha value is -1.05. The molecule has 2 unspecified atom stereocenters. The zero-order valence-corrected chi connectivity index (χ0v) is 10.8. The third kappa shape index (κ3) is 1.35. The number of Topliss-reactive ketones (excluding diaryl/α,β-unsaturated/α-hetero) is 1. The summed E-state index contributed by atoms with van der Waals surface area (Å²) in [7, 11) is 0. The fraction of sp³-hybridized carbons (Fsp3) is 0.643. The molecule has 1 fully saturated rings. The molecule has 2 nitrogen and oxygen atoms in total. The Morgan fingerprint density at radius 1 is 1.50 bits per heavy atom. The van der Waals surface area contributed by atoms with Gasteiger partial charge in [0.25, 0.3) is 0 Å². The fourth-order valence-electron chi connectivity index (χ4n) is 2.97. The van der Waals surface area contributed by atoms with Crippen molar-refractivity contribution in [1.29, 1.82) is 0 Å². The van der Waals surface area contributed by atoms with E-state index < -0.39 is 0 Å². The lowest BCUT2D eigenvalue weighted by molar-refractivity contribution is -0.141. The molecule has 2 aliphatic rings. The summed E-state index contributed by atoms with van der Waals surface area (Å²) < 4.78 is 6.02. The Morgan fingerprint density at radius 3 is 2.56 bits per heavy atom. The Morgan fingerprint density at radius 2 is 2.12 bits per heavy atom. The number of fused-ring (bicyclic) bond motifs is 1. The monoisotopic (exact) mass is 220 g/mol. The maximum absolute atomic E-state index is 11.4. The van der Waals surface area contributed by atoms with E-state index in [4.69, 9.17) is 4.74 Å². The van der Waals surface area contributed by atoms with Gasteiger partial charge in [-0.3, -0.25) is 4.79 Å². The van der Waals surface area contributed by atoms with Crippen molar-refractivity contribution in [2.24, 2.45) is 11.3 Å². The summed E-state index contributed by atoms with van der Waals surface area (Å²) in [5.74, 6) is 1.56. The Kier molecular flexibility index (Phi) is 2.30. The summed E-state index contributed by atoms with van der Waals surface area (Å²) >= 11 is 0. The van der Waals surface area contributed by atoms with Crippen LogP contribution in [0, 0.1) is 11.3 Å². The van der Waals surface area contributed by atoms with Crippen LogP contribution in [-0.2, 0) is 9.53 Å². The van der Waals surface area contributed by atoms with Gasteiger partial charge in [0.05, 0.1) is 5.76 Å². The first kappa shape index (κ1) is 11.4. The molecule has 88 valence electrons. The van der Waals surface area contributed by atoms with Crippen LogP contribution >= 0.6 is 0 Å². The summed E-state index contributed by atoms with van der Waals surface area (Å²) in [6.07, 6.45) is 5.36. The summed E-state index contributed by atoms with van der Waals surface area (Å²) in [5.41, 5.74) is 0.649. The van der Waals surface area contributed by atoms with Gasteiger partial charge in [-0.2, -0.15) is 0 Å². The quantitative estimate of drug-likeness (QED) is 0.668. The number of hydrogen-bond acceptors (Lipinski definition) is 2. The number of carbonyl (C=O) groups excluding carboxylic acids is 1. The molecule has 0 amide bonds. The predicted molar refractivity (Wildman–Crippen MR) is 63.9 cm³/mol. The zero-order chi connectivity index (χ0) is 12.1. The highest BCUT2D eigenvalue weighted by molar-refractivity contribution is 5.92. The first-order valence-corrected chi connectivity index (χ1v) is 5.86. The number of ketones is 1. The number of rotatable bonds is 2. The average molecular weight is 220 g/mol. The molecule has 0 bridgehead atoms. The second kappa shape index (κ2) is 3.22. The van der Waals surface area contributed by atoms with Crippen molar-refractivity contribution in [3.05, 3.63) is 23.5 Å². The molecule has 0 spiro atoms. The van der Waals surface area contributed by atoms with Gasteiger partial charge in [-0.25, -0.2) is 0 Å². The van der Waals surface area contributed by atoms with Gasteiger partial charge in [0.1, 0.15) is 5.60 Å². The molecule has 0 aromatic carbocycles. The van der Waals surface area contributed by atoms with E-state index in [-0.39, 0.29) is 16.8 Å². The van der Waals surface area contributed by atoms with Crippen molar-refractivity contribution in [3.63, 3.8) is 0 Å². The van der Waals surface area contributed by atoms with E-state index >= 15 is 0 Å². The summed E-state index contributed by atoms with van der Waals surface area (Å²) in [6.45, 7) is 9.89. The second-order valence-electron chi connectivity index (χ2n) is 5.75. The molecular formula is C14H20O2. The van der Waals surface area contributed by atoms with Gasteiger partial charge < -0.3 is 4.74 Å². The molecule has 0 saturated heterocycles. The summed E-state index contributed by atoms with van der Waals surface area (Å²) in [6, 6.07) is 0. The normalized spacial score (nSPS) is 35.9. The van der Waals surface area contributed by atoms with Crippen LogP contribution in [0.4, 0.5) is 0 Å². The lowest BCUT2D eigenvalue weighted by atomic mass is 9.52. The van der Waals surface area contributed by atoms with Crippen molar-refractivity contribution in [2.45, 2.75) is 46.6 Å². The predicted octanol–water partition coefficient (Wildman–Crippen LogP) is 3.24. The molecule has 16 heavy (non-hydrogen) atoms. The Labute approximate surface area is 97.4 Å². The van der Waals surface area contributed by atoms with Crippen molar-refractivity contribution in [1.82, 2.24) is 0 Å². The minimum absolute atomic E-state index is 0.114. The third-order valence-corrected chi connectivity index (χ3v) is 4.09. The molecular weight excluding hydrogens is 200 g/mol. The van der Waals surface area contributed by atoms with Gasteiger partial charge in [-0.15, -0.1) is 0 Å². The molecule has 0 aromatic heterocycles. The summed E-state index contributed by atoms with van der Waals surface area (Å²) in [4.78, 5) is 11.4. The molecule has 1 heterocycles. The lowest BCUT2D eigenvalue weighted by Gasteiger charge is -2.56. The van der Waals surface area contributed by atoms with E-state index in [1.807, 2.05) is 19.9 Å². The molecule has 1 aliphatic carbocycles. The van der Waals surface area contributed by atoms with E-state index in [1.54, 1.807) is 6.92 Å². The van der Waals surface area contributed by atoms with Crippen LogP contribution in [0.25, 0.3) is 0 Å². The number of carbonyl (C=O) groups is 1. The molecule has 1 saturated carbocycles. The van der Waals surface area contributed by atoms with E-state index in [2.05, 4.69) is 19.9 Å². The van der Waals surface area contributed by atoms with Gasteiger partial charge in [-0.1, -0.05) is 13.8 Å². The van der Waals surface area contributed by atoms with Crippen LogP contribution in [-0.4, -0.2) is 11.4 Å². The minimum atomic E-state index is -0.271. The number of allylic oxidation sites excluding steroid dienone is 2. The molecule has 0 radical (unpaired) electrons.